The van der Waals surface area contributed by atoms with E-state index in [2.05, 4.69) is 4.98 Å². The summed E-state index contributed by atoms with van der Waals surface area (Å²) in [7, 11) is -1.79. The molecule has 0 amide bonds. The van der Waals surface area contributed by atoms with Crippen molar-refractivity contribution in [3.8, 4) is 5.75 Å². The van der Waals surface area contributed by atoms with Gasteiger partial charge in [-0.1, -0.05) is 20.8 Å². The lowest BCUT2D eigenvalue weighted by atomic mass is 9.91. The molecule has 0 fully saturated rings. The van der Waals surface area contributed by atoms with E-state index < -0.39 is 7.32 Å². The first-order chi connectivity index (χ1) is 6.39. The molecule has 0 saturated carbocycles. The van der Waals surface area contributed by atoms with Gasteiger partial charge in [-0.25, -0.2) is 0 Å². The van der Waals surface area contributed by atoms with Crippen LogP contribution in [0, 0.1) is 0 Å². The molecule has 0 radical (unpaired) electrons. The average molecular weight is 195 g/mol. The Morgan fingerprint density at radius 2 is 2.00 bits per heavy atom. The molecule has 0 saturated heterocycles. The molecule has 76 valence electrons. The van der Waals surface area contributed by atoms with Gasteiger partial charge in [-0.2, -0.15) is 0 Å². The van der Waals surface area contributed by atoms with Gasteiger partial charge < -0.3 is 14.7 Å². The molecule has 1 rings (SSSR count). The van der Waals surface area contributed by atoms with Gasteiger partial charge in [0.05, 0.1) is 0 Å². The lowest BCUT2D eigenvalue weighted by molar-refractivity contribution is 0.287. The molecule has 14 heavy (non-hydrogen) atoms. The predicted molar refractivity (Wildman–Crippen MR) is 53.8 cm³/mol. The van der Waals surface area contributed by atoms with Gasteiger partial charge in [-0.15, -0.1) is 0 Å². The van der Waals surface area contributed by atoms with Crippen molar-refractivity contribution >= 4 is 7.32 Å². The summed E-state index contributed by atoms with van der Waals surface area (Å²) in [6, 6.07) is 3.27. The number of rotatable bonds is 2. The fourth-order valence-electron chi connectivity index (χ4n) is 1.02. The maximum absolute atomic E-state index is 8.61. The highest BCUT2D eigenvalue weighted by Gasteiger charge is 2.17. The Morgan fingerprint density at radius 3 is 2.50 bits per heavy atom. The number of pyridine rings is 1. The van der Waals surface area contributed by atoms with Crippen molar-refractivity contribution < 1.29 is 14.7 Å². The Labute approximate surface area is 83.7 Å². The molecule has 1 heterocycles. The molecular weight excluding hydrogens is 181 g/mol. The minimum absolute atomic E-state index is 0.0836. The molecule has 1 aromatic heterocycles. The van der Waals surface area contributed by atoms with Gasteiger partial charge in [0.25, 0.3) is 0 Å². The van der Waals surface area contributed by atoms with Crippen molar-refractivity contribution in [1.82, 2.24) is 4.98 Å². The molecule has 0 aliphatic heterocycles. The zero-order valence-electron chi connectivity index (χ0n) is 8.56. The van der Waals surface area contributed by atoms with E-state index in [-0.39, 0.29) is 5.41 Å². The molecule has 4 nitrogen and oxygen atoms in total. The first kappa shape index (κ1) is 11.0. The zero-order valence-corrected chi connectivity index (χ0v) is 8.56. The fraction of sp³-hybridized carbons (Fsp3) is 0.444. The third kappa shape index (κ3) is 3.01. The van der Waals surface area contributed by atoms with Gasteiger partial charge in [0.15, 0.2) is 0 Å². The van der Waals surface area contributed by atoms with Crippen LogP contribution in [0.5, 0.6) is 5.75 Å². The van der Waals surface area contributed by atoms with E-state index in [4.69, 9.17) is 14.7 Å². The summed E-state index contributed by atoms with van der Waals surface area (Å²) in [5, 5.41) is 17.2. The maximum Gasteiger partial charge on any atom is 0.707 e. The lowest BCUT2D eigenvalue weighted by Gasteiger charge is -2.18. The Balaban J connectivity index is 2.90. The molecule has 0 unspecified atom stereocenters. The lowest BCUT2D eigenvalue weighted by Crippen LogP contribution is -2.21. The van der Waals surface area contributed by atoms with Crippen molar-refractivity contribution in [2.45, 2.75) is 26.2 Å². The number of nitrogens with zero attached hydrogens (tertiary/aromatic N) is 1. The first-order valence-corrected chi connectivity index (χ1v) is 4.39. The van der Waals surface area contributed by atoms with E-state index in [0.717, 1.165) is 5.69 Å². The first-order valence-electron chi connectivity index (χ1n) is 4.39. The summed E-state index contributed by atoms with van der Waals surface area (Å²) in [4.78, 5) is 4.17. The van der Waals surface area contributed by atoms with Crippen molar-refractivity contribution in [2.75, 3.05) is 0 Å². The molecule has 1 aromatic rings. The standard InChI is InChI=1S/C9H14BNO3/c1-9(2,3)8-6-7(4-5-11-8)14-10(12)13/h4-6,12-13H,1-3H3. The quantitative estimate of drug-likeness (QED) is 0.682. The van der Waals surface area contributed by atoms with E-state index in [9.17, 15) is 0 Å². The largest absolute Gasteiger partial charge is 0.707 e. The monoisotopic (exact) mass is 195 g/mol. The summed E-state index contributed by atoms with van der Waals surface area (Å²) < 4.78 is 4.72. The molecule has 5 heteroatoms. The Hall–Kier alpha value is -1.07. The van der Waals surface area contributed by atoms with Crippen LogP contribution in [0.15, 0.2) is 18.3 Å². The van der Waals surface area contributed by atoms with E-state index >= 15 is 0 Å². The predicted octanol–water partition coefficient (Wildman–Crippen LogP) is 0.727. The van der Waals surface area contributed by atoms with Gasteiger partial charge in [-0.05, 0) is 6.07 Å². The van der Waals surface area contributed by atoms with Crippen LogP contribution in [-0.4, -0.2) is 22.4 Å². The fourth-order valence-corrected chi connectivity index (χ4v) is 1.02. The second-order valence-electron chi connectivity index (χ2n) is 4.07. The van der Waals surface area contributed by atoms with Crippen molar-refractivity contribution in [2.24, 2.45) is 0 Å². The molecule has 0 spiro atoms. The van der Waals surface area contributed by atoms with Gasteiger partial charge in [-0.3, -0.25) is 4.98 Å². The Bertz CT molecular complexity index is 309. The molecule has 0 atom stereocenters. The Kier molecular flexibility index (Phi) is 3.13. The van der Waals surface area contributed by atoms with Gasteiger partial charge in [0.1, 0.15) is 5.75 Å². The summed E-state index contributed by atoms with van der Waals surface area (Å²) in [5.41, 5.74) is 0.760. The molecule has 0 aromatic carbocycles. The van der Waals surface area contributed by atoms with Gasteiger partial charge in [0, 0.05) is 23.4 Å². The van der Waals surface area contributed by atoms with Crippen LogP contribution in [-0.2, 0) is 5.41 Å². The molecular formula is C9H14BNO3. The minimum atomic E-state index is -1.79. The minimum Gasteiger partial charge on any atom is -0.512 e. The van der Waals surface area contributed by atoms with Gasteiger partial charge in [0.2, 0.25) is 0 Å². The van der Waals surface area contributed by atoms with Crippen molar-refractivity contribution in [1.29, 1.82) is 0 Å². The van der Waals surface area contributed by atoms with E-state index in [1.807, 2.05) is 20.8 Å². The van der Waals surface area contributed by atoms with Crippen LogP contribution in [0.2, 0.25) is 0 Å². The van der Waals surface area contributed by atoms with E-state index in [1.54, 1.807) is 18.3 Å². The second kappa shape index (κ2) is 3.98. The van der Waals surface area contributed by atoms with Crippen molar-refractivity contribution in [3.63, 3.8) is 0 Å². The highest BCUT2D eigenvalue weighted by molar-refractivity contribution is 6.33. The topological polar surface area (TPSA) is 62.6 Å². The summed E-state index contributed by atoms with van der Waals surface area (Å²) in [5.74, 6) is 0.403. The third-order valence-corrected chi connectivity index (χ3v) is 1.74. The molecule has 2 N–H and O–H groups in total. The third-order valence-electron chi connectivity index (χ3n) is 1.74. The van der Waals surface area contributed by atoms with Crippen LogP contribution in [0.3, 0.4) is 0 Å². The average Bonchev–Trinajstić information content (AvgIpc) is 2.01. The summed E-state index contributed by atoms with van der Waals surface area (Å²) in [6.07, 6.45) is 1.58. The number of hydrogen-bond donors (Lipinski definition) is 2. The smallest absolute Gasteiger partial charge is 0.512 e. The molecule has 0 aliphatic carbocycles. The summed E-state index contributed by atoms with van der Waals surface area (Å²) >= 11 is 0. The van der Waals surface area contributed by atoms with Crippen LogP contribution >= 0.6 is 0 Å². The number of hydrogen-bond acceptors (Lipinski definition) is 4. The van der Waals surface area contributed by atoms with Gasteiger partial charge >= 0.3 is 7.32 Å². The molecule has 0 aliphatic rings. The van der Waals surface area contributed by atoms with E-state index in [0.29, 0.717) is 5.75 Å². The zero-order chi connectivity index (χ0) is 10.8. The normalized spacial score (nSPS) is 11.2. The van der Waals surface area contributed by atoms with Crippen LogP contribution in [0.1, 0.15) is 26.5 Å². The Morgan fingerprint density at radius 1 is 1.36 bits per heavy atom. The summed E-state index contributed by atoms with van der Waals surface area (Å²) in [6.45, 7) is 6.07. The van der Waals surface area contributed by atoms with Crippen LogP contribution in [0.25, 0.3) is 0 Å². The highest BCUT2D eigenvalue weighted by atomic mass is 16.6. The van der Waals surface area contributed by atoms with E-state index in [1.165, 1.54) is 0 Å². The number of aromatic nitrogens is 1. The SMILES string of the molecule is CC(C)(C)c1cc(OB(O)O)ccn1. The maximum atomic E-state index is 8.61. The second-order valence-corrected chi connectivity index (χ2v) is 4.07. The molecule has 0 bridgehead atoms. The van der Waals surface area contributed by atoms with Crippen LogP contribution < -0.4 is 4.65 Å². The highest BCUT2D eigenvalue weighted by Crippen LogP contribution is 2.23. The van der Waals surface area contributed by atoms with Crippen LogP contribution in [0.4, 0.5) is 0 Å². The van der Waals surface area contributed by atoms with Crippen molar-refractivity contribution in [3.05, 3.63) is 24.0 Å².